The van der Waals surface area contributed by atoms with E-state index in [4.69, 9.17) is 4.74 Å². The lowest BCUT2D eigenvalue weighted by atomic mass is 10.2. The number of benzene rings is 1. The Morgan fingerprint density at radius 2 is 2.18 bits per heavy atom. The monoisotopic (exact) mass is 232 g/mol. The van der Waals surface area contributed by atoms with E-state index in [1.165, 1.54) is 5.56 Å². The van der Waals surface area contributed by atoms with Gasteiger partial charge in [0, 0.05) is 19.6 Å². The van der Waals surface area contributed by atoms with Crippen molar-refractivity contribution in [1.29, 1.82) is 0 Å². The van der Waals surface area contributed by atoms with Gasteiger partial charge in [-0.25, -0.2) is 0 Å². The number of nitrogens with zero attached hydrogens (tertiary/aromatic N) is 1. The molecule has 0 bridgehead atoms. The predicted octanol–water partition coefficient (Wildman–Crippen LogP) is 0.386. The van der Waals surface area contributed by atoms with E-state index < -0.39 is 0 Å². The van der Waals surface area contributed by atoms with Crippen molar-refractivity contribution in [2.24, 2.45) is 0 Å². The molecule has 0 radical (unpaired) electrons. The second-order valence-corrected chi connectivity index (χ2v) is 4.55. The zero-order valence-electron chi connectivity index (χ0n) is 9.63. The highest BCUT2D eigenvalue weighted by Gasteiger charge is 2.42. The molecule has 1 amide bonds. The first-order valence-electron chi connectivity index (χ1n) is 6.02. The van der Waals surface area contributed by atoms with Crippen LogP contribution in [0.2, 0.25) is 0 Å². The molecule has 0 aliphatic carbocycles. The highest BCUT2D eigenvalue weighted by atomic mass is 16.5. The number of amides is 1. The number of carbonyl (C=O) groups excluding carboxylic acids is 1. The number of ether oxygens (including phenoxy) is 1. The molecule has 1 N–H and O–H groups in total. The van der Waals surface area contributed by atoms with Crippen molar-refractivity contribution >= 4 is 5.91 Å². The third-order valence-electron chi connectivity index (χ3n) is 3.36. The van der Waals surface area contributed by atoms with E-state index in [1.54, 1.807) is 0 Å². The molecule has 3 rings (SSSR count). The summed E-state index contributed by atoms with van der Waals surface area (Å²) < 4.78 is 5.62. The standard InChI is InChI=1S/C13H16N2O2/c16-13-12-11(17-7-6-14-12)9-15(13)8-10-4-2-1-3-5-10/h1-5,11-12,14H,6-9H2. The molecule has 2 fully saturated rings. The maximum absolute atomic E-state index is 12.1. The average molecular weight is 232 g/mol. The van der Waals surface area contributed by atoms with Gasteiger partial charge in [0.05, 0.1) is 12.7 Å². The van der Waals surface area contributed by atoms with Crippen molar-refractivity contribution in [3.05, 3.63) is 35.9 Å². The molecule has 0 spiro atoms. The smallest absolute Gasteiger partial charge is 0.242 e. The molecule has 0 saturated carbocycles. The number of nitrogens with one attached hydrogen (secondary N) is 1. The summed E-state index contributed by atoms with van der Waals surface area (Å²) in [5, 5.41) is 3.23. The van der Waals surface area contributed by atoms with Gasteiger partial charge in [0.1, 0.15) is 6.04 Å². The van der Waals surface area contributed by atoms with Crippen LogP contribution >= 0.6 is 0 Å². The first-order chi connectivity index (χ1) is 8.34. The lowest BCUT2D eigenvalue weighted by Gasteiger charge is -2.23. The van der Waals surface area contributed by atoms with E-state index in [2.05, 4.69) is 5.32 Å². The largest absolute Gasteiger partial charge is 0.373 e. The second-order valence-electron chi connectivity index (χ2n) is 4.55. The molecule has 4 nitrogen and oxygen atoms in total. The third kappa shape index (κ3) is 2.06. The van der Waals surface area contributed by atoms with Crippen LogP contribution in [0.1, 0.15) is 5.56 Å². The topological polar surface area (TPSA) is 41.6 Å². The number of carbonyl (C=O) groups is 1. The summed E-state index contributed by atoms with van der Waals surface area (Å²) in [5.41, 5.74) is 1.17. The molecule has 2 saturated heterocycles. The van der Waals surface area contributed by atoms with Gasteiger partial charge in [-0.3, -0.25) is 4.79 Å². The van der Waals surface area contributed by atoms with E-state index in [0.717, 1.165) is 6.54 Å². The van der Waals surface area contributed by atoms with Gasteiger partial charge in [0.15, 0.2) is 0 Å². The molecule has 2 atom stereocenters. The van der Waals surface area contributed by atoms with Gasteiger partial charge in [0.2, 0.25) is 5.91 Å². The molecule has 1 aromatic rings. The number of fused-ring (bicyclic) bond motifs is 1. The van der Waals surface area contributed by atoms with E-state index in [0.29, 0.717) is 19.7 Å². The van der Waals surface area contributed by atoms with Crippen molar-refractivity contribution < 1.29 is 9.53 Å². The Morgan fingerprint density at radius 1 is 1.35 bits per heavy atom. The molecule has 90 valence electrons. The van der Waals surface area contributed by atoms with Gasteiger partial charge in [0.25, 0.3) is 0 Å². The molecule has 2 heterocycles. The lowest BCUT2D eigenvalue weighted by molar-refractivity contribution is -0.130. The first kappa shape index (κ1) is 10.7. The fourth-order valence-corrected chi connectivity index (χ4v) is 2.51. The van der Waals surface area contributed by atoms with E-state index >= 15 is 0 Å². The van der Waals surface area contributed by atoms with Gasteiger partial charge in [-0.15, -0.1) is 0 Å². The minimum absolute atomic E-state index is 0.0277. The fourth-order valence-electron chi connectivity index (χ4n) is 2.51. The molecule has 2 aliphatic heterocycles. The maximum atomic E-state index is 12.1. The Balaban J connectivity index is 1.71. The van der Waals surface area contributed by atoms with Crippen LogP contribution in [0.3, 0.4) is 0 Å². The molecule has 4 heteroatoms. The summed E-state index contributed by atoms with van der Waals surface area (Å²) in [5.74, 6) is 0.165. The van der Waals surface area contributed by atoms with Gasteiger partial charge < -0.3 is 15.0 Å². The van der Waals surface area contributed by atoms with Crippen molar-refractivity contribution in [3.63, 3.8) is 0 Å². The van der Waals surface area contributed by atoms with Gasteiger partial charge in [-0.05, 0) is 5.56 Å². The van der Waals surface area contributed by atoms with Gasteiger partial charge >= 0.3 is 0 Å². The van der Waals surface area contributed by atoms with Crippen molar-refractivity contribution in [2.75, 3.05) is 19.7 Å². The van der Waals surface area contributed by atoms with Crippen LogP contribution in [0.15, 0.2) is 30.3 Å². The van der Waals surface area contributed by atoms with Crippen molar-refractivity contribution in [3.8, 4) is 0 Å². The molecular formula is C13H16N2O2. The summed E-state index contributed by atoms with van der Waals surface area (Å²) >= 11 is 0. The summed E-state index contributed by atoms with van der Waals surface area (Å²) in [6.45, 7) is 2.85. The number of hydrogen-bond acceptors (Lipinski definition) is 3. The normalized spacial score (nSPS) is 28.2. The lowest BCUT2D eigenvalue weighted by Crippen LogP contribution is -2.49. The second kappa shape index (κ2) is 4.47. The fraction of sp³-hybridized carbons (Fsp3) is 0.462. The van der Waals surface area contributed by atoms with Crippen LogP contribution in [0.25, 0.3) is 0 Å². The quantitative estimate of drug-likeness (QED) is 0.802. The molecule has 2 unspecified atom stereocenters. The number of rotatable bonds is 2. The number of likely N-dealkylation sites (tertiary alicyclic amines) is 1. The summed E-state index contributed by atoms with van der Waals surface area (Å²) in [6, 6.07) is 9.94. The van der Waals surface area contributed by atoms with Crippen LogP contribution < -0.4 is 5.32 Å². The van der Waals surface area contributed by atoms with Crippen molar-refractivity contribution in [1.82, 2.24) is 10.2 Å². The third-order valence-corrected chi connectivity index (χ3v) is 3.36. The summed E-state index contributed by atoms with van der Waals surface area (Å²) in [4.78, 5) is 14.0. The summed E-state index contributed by atoms with van der Waals surface area (Å²) in [7, 11) is 0. The van der Waals surface area contributed by atoms with Gasteiger partial charge in [-0.2, -0.15) is 0 Å². The van der Waals surface area contributed by atoms with Crippen LogP contribution in [0.4, 0.5) is 0 Å². The predicted molar refractivity (Wildman–Crippen MR) is 63.4 cm³/mol. The zero-order chi connectivity index (χ0) is 11.7. The van der Waals surface area contributed by atoms with E-state index in [9.17, 15) is 4.79 Å². The zero-order valence-corrected chi connectivity index (χ0v) is 9.63. The highest BCUT2D eigenvalue weighted by Crippen LogP contribution is 2.19. The van der Waals surface area contributed by atoms with E-state index in [-0.39, 0.29) is 18.1 Å². The molecule has 17 heavy (non-hydrogen) atoms. The Morgan fingerprint density at radius 3 is 2.94 bits per heavy atom. The SMILES string of the molecule is O=C1C2NCCOC2CN1Cc1ccccc1. The highest BCUT2D eigenvalue weighted by molar-refractivity contribution is 5.85. The molecule has 2 aliphatic rings. The Hall–Kier alpha value is -1.39. The van der Waals surface area contributed by atoms with Crippen molar-refractivity contribution in [2.45, 2.75) is 18.7 Å². The Bertz CT molecular complexity index is 407. The van der Waals surface area contributed by atoms with Crippen LogP contribution in [0.5, 0.6) is 0 Å². The minimum Gasteiger partial charge on any atom is -0.373 e. The van der Waals surface area contributed by atoms with Crippen LogP contribution in [0, 0.1) is 0 Å². The Labute approximate surface area is 101 Å². The van der Waals surface area contributed by atoms with E-state index in [1.807, 2.05) is 35.2 Å². The van der Waals surface area contributed by atoms with Gasteiger partial charge in [-0.1, -0.05) is 30.3 Å². The molecule has 1 aromatic carbocycles. The minimum atomic E-state index is -0.132. The van der Waals surface area contributed by atoms with Crippen LogP contribution in [-0.4, -0.2) is 42.6 Å². The average Bonchev–Trinajstić information content (AvgIpc) is 2.68. The van der Waals surface area contributed by atoms with Crippen LogP contribution in [-0.2, 0) is 16.1 Å². The maximum Gasteiger partial charge on any atom is 0.242 e. The number of morpholine rings is 1. The summed E-state index contributed by atoms with van der Waals surface area (Å²) in [6.07, 6.45) is 0.0277. The molecular weight excluding hydrogens is 216 g/mol. The Kier molecular flexibility index (Phi) is 2.82. The number of hydrogen-bond donors (Lipinski definition) is 1. The first-order valence-corrected chi connectivity index (χ1v) is 6.02. The molecule has 0 aromatic heterocycles.